The predicted molar refractivity (Wildman–Crippen MR) is 98.1 cm³/mol. The lowest BCUT2D eigenvalue weighted by molar-refractivity contribution is 0.118. The molecule has 1 fully saturated rings. The van der Waals surface area contributed by atoms with Crippen LogP contribution in [0.1, 0.15) is 24.2 Å². The van der Waals surface area contributed by atoms with Crippen LogP contribution in [0.4, 0.5) is 0 Å². The van der Waals surface area contributed by atoms with Crippen molar-refractivity contribution in [1.29, 1.82) is 0 Å². The first kappa shape index (κ1) is 18.3. The second-order valence-electron chi connectivity index (χ2n) is 6.11. The van der Waals surface area contributed by atoms with Crippen LogP contribution in [0.2, 0.25) is 0 Å². The van der Waals surface area contributed by atoms with Gasteiger partial charge in [-0.1, -0.05) is 12.1 Å². The Morgan fingerprint density at radius 3 is 2.56 bits per heavy atom. The summed E-state index contributed by atoms with van der Waals surface area (Å²) in [6.07, 6.45) is 1.25. The number of ether oxygens (including phenoxy) is 1. The lowest BCUT2D eigenvalue weighted by Gasteiger charge is -2.31. The van der Waals surface area contributed by atoms with Crippen LogP contribution >= 0.6 is 15.9 Å². The van der Waals surface area contributed by atoms with Gasteiger partial charge in [0.05, 0.1) is 11.4 Å². The standard InChI is InChI=1S/C17H20BrN3O3S/c1-12-10-13(2)20-17(19-12)24-14-6-5-9-21(11-14)25(22,23)16-8-4-3-7-15(16)18/h3-4,7-8,10,14H,5-6,9,11H2,1-2H3. The van der Waals surface area contributed by atoms with Crippen LogP contribution in [-0.4, -0.2) is 41.9 Å². The number of halogens is 1. The molecule has 2 heterocycles. The summed E-state index contributed by atoms with van der Waals surface area (Å²) in [4.78, 5) is 8.83. The van der Waals surface area contributed by atoms with Gasteiger partial charge in [0.15, 0.2) is 0 Å². The van der Waals surface area contributed by atoms with Crippen LogP contribution in [0.3, 0.4) is 0 Å². The second-order valence-corrected chi connectivity index (χ2v) is 8.87. The van der Waals surface area contributed by atoms with Gasteiger partial charge in [-0.15, -0.1) is 0 Å². The maximum Gasteiger partial charge on any atom is 0.317 e. The SMILES string of the molecule is Cc1cc(C)nc(OC2CCCN(S(=O)(=O)c3ccccc3Br)C2)n1. The minimum atomic E-state index is -3.57. The fourth-order valence-electron chi connectivity index (χ4n) is 2.91. The molecule has 1 aliphatic rings. The Balaban J connectivity index is 1.78. The molecule has 1 aliphatic heterocycles. The van der Waals surface area contributed by atoms with Gasteiger partial charge >= 0.3 is 6.01 Å². The van der Waals surface area contributed by atoms with E-state index in [4.69, 9.17) is 4.74 Å². The summed E-state index contributed by atoms with van der Waals surface area (Å²) in [6.45, 7) is 4.54. The Labute approximate surface area is 156 Å². The van der Waals surface area contributed by atoms with Gasteiger partial charge in [0.2, 0.25) is 10.0 Å². The van der Waals surface area contributed by atoms with Gasteiger partial charge in [-0.2, -0.15) is 4.31 Å². The van der Waals surface area contributed by atoms with E-state index in [0.29, 0.717) is 23.6 Å². The zero-order valence-corrected chi connectivity index (χ0v) is 16.5. The van der Waals surface area contributed by atoms with E-state index in [0.717, 1.165) is 24.2 Å². The molecule has 25 heavy (non-hydrogen) atoms. The molecule has 1 aromatic carbocycles. The van der Waals surface area contributed by atoms with Crippen LogP contribution in [-0.2, 0) is 10.0 Å². The summed E-state index contributed by atoms with van der Waals surface area (Å²) in [5.74, 6) is 0. The number of aryl methyl sites for hydroxylation is 2. The predicted octanol–water partition coefficient (Wildman–Crippen LogP) is 3.09. The van der Waals surface area contributed by atoms with Crippen molar-refractivity contribution in [1.82, 2.24) is 14.3 Å². The van der Waals surface area contributed by atoms with E-state index in [2.05, 4.69) is 25.9 Å². The van der Waals surface area contributed by atoms with Crippen molar-refractivity contribution in [3.05, 3.63) is 46.2 Å². The number of aromatic nitrogens is 2. The second kappa shape index (κ2) is 7.39. The molecular formula is C17H20BrN3O3S. The highest BCUT2D eigenvalue weighted by Crippen LogP contribution is 2.27. The minimum Gasteiger partial charge on any atom is -0.459 e. The molecule has 0 aliphatic carbocycles. The summed E-state index contributed by atoms with van der Waals surface area (Å²) in [5.41, 5.74) is 1.66. The van der Waals surface area contributed by atoms with Gasteiger partial charge in [-0.05, 0) is 60.8 Å². The monoisotopic (exact) mass is 425 g/mol. The van der Waals surface area contributed by atoms with Gasteiger partial charge in [0.25, 0.3) is 0 Å². The summed E-state index contributed by atoms with van der Waals surface area (Å²) in [5, 5.41) is 0. The highest BCUT2D eigenvalue weighted by Gasteiger charge is 2.32. The average Bonchev–Trinajstić information content (AvgIpc) is 2.54. The largest absolute Gasteiger partial charge is 0.459 e. The van der Waals surface area contributed by atoms with Crippen LogP contribution in [0.25, 0.3) is 0 Å². The topological polar surface area (TPSA) is 72.4 Å². The van der Waals surface area contributed by atoms with Gasteiger partial charge in [-0.25, -0.2) is 18.4 Å². The molecule has 8 heteroatoms. The maximum atomic E-state index is 12.9. The molecule has 0 bridgehead atoms. The van der Waals surface area contributed by atoms with E-state index in [9.17, 15) is 8.42 Å². The fourth-order valence-corrected chi connectivity index (χ4v) is 5.38. The molecule has 1 saturated heterocycles. The third-order valence-electron chi connectivity index (χ3n) is 4.03. The quantitative estimate of drug-likeness (QED) is 0.752. The molecule has 0 N–H and O–H groups in total. The van der Waals surface area contributed by atoms with Crippen LogP contribution in [0.5, 0.6) is 6.01 Å². The molecule has 1 aromatic heterocycles. The van der Waals surface area contributed by atoms with Crippen LogP contribution < -0.4 is 4.74 Å². The normalized spacial score (nSPS) is 18.9. The maximum absolute atomic E-state index is 12.9. The van der Waals surface area contributed by atoms with Crippen molar-refractivity contribution in [3.8, 4) is 6.01 Å². The lowest BCUT2D eigenvalue weighted by Crippen LogP contribution is -2.44. The number of sulfonamides is 1. The molecule has 0 saturated carbocycles. The summed E-state index contributed by atoms with van der Waals surface area (Å²) < 4.78 is 33.8. The van der Waals surface area contributed by atoms with Crippen molar-refractivity contribution < 1.29 is 13.2 Å². The molecule has 1 atom stereocenters. The summed E-state index contributed by atoms with van der Waals surface area (Å²) in [7, 11) is -3.57. The third-order valence-corrected chi connectivity index (χ3v) is 6.91. The van der Waals surface area contributed by atoms with Crippen molar-refractivity contribution in [2.75, 3.05) is 13.1 Å². The van der Waals surface area contributed by atoms with Gasteiger partial charge in [0.1, 0.15) is 6.10 Å². The molecule has 2 aromatic rings. The Kier molecular flexibility index (Phi) is 5.41. The van der Waals surface area contributed by atoms with Crippen molar-refractivity contribution >= 4 is 26.0 Å². The van der Waals surface area contributed by atoms with Crippen molar-refractivity contribution in [2.24, 2.45) is 0 Å². The Hall–Kier alpha value is -1.51. The zero-order valence-electron chi connectivity index (χ0n) is 14.1. The number of rotatable bonds is 4. The van der Waals surface area contributed by atoms with E-state index >= 15 is 0 Å². The summed E-state index contributed by atoms with van der Waals surface area (Å²) in [6, 6.07) is 9.03. The molecular weight excluding hydrogens is 406 g/mol. The number of benzene rings is 1. The smallest absolute Gasteiger partial charge is 0.317 e. The molecule has 3 rings (SSSR count). The Morgan fingerprint density at radius 1 is 1.20 bits per heavy atom. The molecule has 0 radical (unpaired) electrons. The molecule has 1 unspecified atom stereocenters. The first-order valence-corrected chi connectivity index (χ1v) is 10.3. The number of piperidine rings is 1. The molecule has 0 amide bonds. The van der Waals surface area contributed by atoms with Crippen LogP contribution in [0, 0.1) is 13.8 Å². The van der Waals surface area contributed by atoms with Gasteiger partial charge in [-0.3, -0.25) is 0 Å². The highest BCUT2D eigenvalue weighted by molar-refractivity contribution is 9.10. The minimum absolute atomic E-state index is 0.257. The first-order chi connectivity index (χ1) is 11.9. The molecule has 6 nitrogen and oxygen atoms in total. The summed E-state index contributed by atoms with van der Waals surface area (Å²) >= 11 is 3.33. The molecule has 134 valence electrons. The molecule has 0 spiro atoms. The van der Waals surface area contributed by atoms with E-state index < -0.39 is 10.0 Å². The Bertz CT molecular complexity index is 853. The Morgan fingerprint density at radius 2 is 1.88 bits per heavy atom. The average molecular weight is 426 g/mol. The number of hydrogen-bond acceptors (Lipinski definition) is 5. The third kappa shape index (κ3) is 4.19. The van der Waals surface area contributed by atoms with Gasteiger partial charge < -0.3 is 4.74 Å². The zero-order chi connectivity index (χ0) is 18.0. The van der Waals surface area contributed by atoms with Gasteiger partial charge in [0, 0.05) is 22.4 Å². The fraction of sp³-hybridized carbons (Fsp3) is 0.412. The van der Waals surface area contributed by atoms with E-state index in [-0.39, 0.29) is 11.0 Å². The number of nitrogens with zero attached hydrogens (tertiary/aromatic N) is 3. The van der Waals surface area contributed by atoms with E-state index in [1.54, 1.807) is 24.3 Å². The highest BCUT2D eigenvalue weighted by atomic mass is 79.9. The first-order valence-electron chi connectivity index (χ1n) is 8.10. The number of hydrogen-bond donors (Lipinski definition) is 0. The van der Waals surface area contributed by atoms with Crippen molar-refractivity contribution in [3.63, 3.8) is 0 Å². The van der Waals surface area contributed by atoms with Crippen LogP contribution in [0.15, 0.2) is 39.7 Å². The van der Waals surface area contributed by atoms with E-state index in [1.165, 1.54) is 4.31 Å². The van der Waals surface area contributed by atoms with Crippen molar-refractivity contribution in [2.45, 2.75) is 37.7 Å². The van der Waals surface area contributed by atoms with E-state index in [1.807, 2.05) is 19.9 Å². The lowest BCUT2D eigenvalue weighted by atomic mass is 10.1.